The summed E-state index contributed by atoms with van der Waals surface area (Å²) in [4.78, 5) is 0. The number of aliphatic hydroxyl groups is 1. The monoisotopic (exact) mass is 264 g/mol. The van der Waals surface area contributed by atoms with Crippen molar-refractivity contribution in [3.05, 3.63) is 35.4 Å². The van der Waals surface area contributed by atoms with Crippen LogP contribution < -0.4 is 0 Å². The molecule has 1 aliphatic carbocycles. The molecular formula is C16H24OS. The second kappa shape index (κ2) is 6.63. The largest absolute Gasteiger partial charge is 0.395 e. The molecule has 2 heteroatoms. The lowest BCUT2D eigenvalue weighted by Gasteiger charge is -2.38. The van der Waals surface area contributed by atoms with E-state index in [1.807, 2.05) is 11.8 Å². The first-order valence-electron chi connectivity index (χ1n) is 7.09. The van der Waals surface area contributed by atoms with Crippen LogP contribution in [0.25, 0.3) is 0 Å². The fourth-order valence-electron chi connectivity index (χ4n) is 3.17. The van der Waals surface area contributed by atoms with Gasteiger partial charge in [0.1, 0.15) is 0 Å². The van der Waals surface area contributed by atoms with E-state index >= 15 is 0 Å². The summed E-state index contributed by atoms with van der Waals surface area (Å²) in [5.41, 5.74) is 2.92. The molecule has 1 unspecified atom stereocenters. The minimum Gasteiger partial charge on any atom is -0.395 e. The molecule has 0 radical (unpaired) electrons. The number of hydrogen-bond donors (Lipinski definition) is 1. The van der Waals surface area contributed by atoms with E-state index in [4.69, 9.17) is 0 Å². The van der Waals surface area contributed by atoms with Crippen LogP contribution in [0.15, 0.2) is 24.3 Å². The summed E-state index contributed by atoms with van der Waals surface area (Å²) in [5.74, 6) is 2.42. The Morgan fingerprint density at radius 3 is 2.94 bits per heavy atom. The van der Waals surface area contributed by atoms with Gasteiger partial charge < -0.3 is 5.11 Å². The molecule has 1 aromatic carbocycles. The predicted octanol–water partition coefficient (Wildman–Crippen LogP) is 3.79. The second-order valence-corrected chi connectivity index (χ2v) is 6.64. The van der Waals surface area contributed by atoms with Gasteiger partial charge in [0.2, 0.25) is 0 Å². The van der Waals surface area contributed by atoms with Crippen molar-refractivity contribution in [2.75, 3.05) is 18.1 Å². The maximum absolute atomic E-state index is 9.94. The Hall–Kier alpha value is -0.470. The van der Waals surface area contributed by atoms with Crippen molar-refractivity contribution >= 4 is 11.8 Å². The van der Waals surface area contributed by atoms with Gasteiger partial charge >= 0.3 is 0 Å². The van der Waals surface area contributed by atoms with Crippen molar-refractivity contribution < 1.29 is 5.11 Å². The van der Waals surface area contributed by atoms with Gasteiger partial charge in [-0.2, -0.15) is 11.8 Å². The SMILES string of the molecule is CCSCCCC1(CO)CCCc2ccccc21. The summed E-state index contributed by atoms with van der Waals surface area (Å²) in [6, 6.07) is 8.71. The van der Waals surface area contributed by atoms with Crippen LogP contribution in [0, 0.1) is 0 Å². The zero-order valence-electron chi connectivity index (χ0n) is 11.3. The highest BCUT2D eigenvalue weighted by Crippen LogP contribution is 2.40. The molecule has 0 heterocycles. The first-order chi connectivity index (χ1) is 8.82. The molecular weight excluding hydrogens is 240 g/mol. The number of aliphatic hydroxyl groups excluding tert-OH is 1. The third-order valence-electron chi connectivity index (χ3n) is 4.14. The summed E-state index contributed by atoms with van der Waals surface area (Å²) in [6.07, 6.45) is 5.90. The van der Waals surface area contributed by atoms with E-state index in [9.17, 15) is 5.11 Å². The summed E-state index contributed by atoms with van der Waals surface area (Å²) in [5, 5.41) is 9.94. The molecule has 2 rings (SSSR count). The molecule has 1 atom stereocenters. The van der Waals surface area contributed by atoms with Crippen molar-refractivity contribution in [1.82, 2.24) is 0 Å². The molecule has 18 heavy (non-hydrogen) atoms. The van der Waals surface area contributed by atoms with Gasteiger partial charge in [0, 0.05) is 5.41 Å². The molecule has 1 nitrogen and oxygen atoms in total. The number of hydrogen-bond acceptors (Lipinski definition) is 2. The highest BCUT2D eigenvalue weighted by Gasteiger charge is 2.35. The van der Waals surface area contributed by atoms with Crippen LogP contribution in [0.4, 0.5) is 0 Å². The third-order valence-corrected chi connectivity index (χ3v) is 5.13. The normalized spacial score (nSPS) is 22.8. The van der Waals surface area contributed by atoms with Gasteiger partial charge in [-0.3, -0.25) is 0 Å². The maximum atomic E-state index is 9.94. The quantitative estimate of drug-likeness (QED) is 0.789. The summed E-state index contributed by atoms with van der Waals surface area (Å²) < 4.78 is 0. The first kappa shape index (κ1) is 14.0. The van der Waals surface area contributed by atoms with Gasteiger partial charge in [-0.15, -0.1) is 0 Å². The fraction of sp³-hybridized carbons (Fsp3) is 0.625. The lowest BCUT2D eigenvalue weighted by Crippen LogP contribution is -2.35. The van der Waals surface area contributed by atoms with Gasteiger partial charge in [0.05, 0.1) is 6.61 Å². The van der Waals surface area contributed by atoms with Crippen LogP contribution in [0.5, 0.6) is 0 Å². The van der Waals surface area contributed by atoms with E-state index < -0.39 is 0 Å². The van der Waals surface area contributed by atoms with Crippen LogP contribution in [0.2, 0.25) is 0 Å². The zero-order valence-corrected chi connectivity index (χ0v) is 12.1. The molecule has 0 spiro atoms. The Morgan fingerprint density at radius 1 is 1.33 bits per heavy atom. The van der Waals surface area contributed by atoms with E-state index in [2.05, 4.69) is 31.2 Å². The van der Waals surface area contributed by atoms with Gasteiger partial charge in [0.15, 0.2) is 0 Å². The first-order valence-corrected chi connectivity index (χ1v) is 8.25. The van der Waals surface area contributed by atoms with Gasteiger partial charge in [-0.05, 0) is 54.7 Å². The van der Waals surface area contributed by atoms with E-state index in [0.29, 0.717) is 6.61 Å². The van der Waals surface area contributed by atoms with Crippen molar-refractivity contribution in [2.45, 2.75) is 44.4 Å². The predicted molar refractivity (Wildman–Crippen MR) is 80.4 cm³/mol. The average molecular weight is 264 g/mol. The van der Waals surface area contributed by atoms with Crippen LogP contribution in [0.3, 0.4) is 0 Å². The molecule has 0 amide bonds. The lowest BCUT2D eigenvalue weighted by molar-refractivity contribution is 0.164. The van der Waals surface area contributed by atoms with Gasteiger partial charge in [-0.25, -0.2) is 0 Å². The topological polar surface area (TPSA) is 20.2 Å². The second-order valence-electron chi connectivity index (χ2n) is 5.25. The Bertz CT molecular complexity index is 377. The molecule has 0 aliphatic heterocycles. The maximum Gasteiger partial charge on any atom is 0.0528 e. The van der Waals surface area contributed by atoms with Crippen molar-refractivity contribution in [3.8, 4) is 0 Å². The molecule has 0 saturated carbocycles. The van der Waals surface area contributed by atoms with Crippen molar-refractivity contribution in [3.63, 3.8) is 0 Å². The van der Waals surface area contributed by atoms with Gasteiger partial charge in [0.25, 0.3) is 0 Å². The number of fused-ring (bicyclic) bond motifs is 1. The van der Waals surface area contributed by atoms with E-state index in [-0.39, 0.29) is 5.41 Å². The van der Waals surface area contributed by atoms with E-state index in [1.54, 1.807) is 0 Å². The molecule has 1 N–H and O–H groups in total. The molecule has 0 aromatic heterocycles. The molecule has 0 bridgehead atoms. The highest BCUT2D eigenvalue weighted by atomic mass is 32.2. The fourth-order valence-corrected chi connectivity index (χ4v) is 3.80. The highest BCUT2D eigenvalue weighted by molar-refractivity contribution is 7.99. The average Bonchev–Trinajstić information content (AvgIpc) is 2.44. The number of benzene rings is 1. The van der Waals surface area contributed by atoms with Crippen LogP contribution in [0.1, 0.15) is 43.7 Å². The van der Waals surface area contributed by atoms with Crippen molar-refractivity contribution in [2.24, 2.45) is 0 Å². The molecule has 0 saturated heterocycles. The smallest absolute Gasteiger partial charge is 0.0528 e. The Morgan fingerprint density at radius 2 is 2.17 bits per heavy atom. The van der Waals surface area contributed by atoms with Crippen LogP contribution in [-0.2, 0) is 11.8 Å². The lowest BCUT2D eigenvalue weighted by atomic mass is 9.68. The summed E-state index contributed by atoms with van der Waals surface area (Å²) in [6.45, 7) is 2.52. The van der Waals surface area contributed by atoms with Crippen molar-refractivity contribution in [1.29, 1.82) is 0 Å². The Labute approximate surface area is 115 Å². The van der Waals surface area contributed by atoms with Gasteiger partial charge in [-0.1, -0.05) is 31.2 Å². The number of thioether (sulfide) groups is 1. The van der Waals surface area contributed by atoms with Crippen LogP contribution in [-0.4, -0.2) is 23.2 Å². The Kier molecular flexibility index (Phi) is 5.13. The summed E-state index contributed by atoms with van der Waals surface area (Å²) >= 11 is 2.01. The minimum absolute atomic E-state index is 0.0448. The molecule has 0 fully saturated rings. The molecule has 100 valence electrons. The minimum atomic E-state index is 0.0448. The van der Waals surface area contributed by atoms with E-state index in [0.717, 1.165) is 12.8 Å². The number of aryl methyl sites for hydroxylation is 1. The third kappa shape index (κ3) is 2.92. The van der Waals surface area contributed by atoms with E-state index in [1.165, 1.54) is 41.9 Å². The molecule has 1 aliphatic rings. The summed E-state index contributed by atoms with van der Waals surface area (Å²) in [7, 11) is 0. The Balaban J connectivity index is 2.12. The molecule has 1 aromatic rings. The zero-order chi connectivity index (χ0) is 12.8. The van der Waals surface area contributed by atoms with Crippen LogP contribution >= 0.6 is 11.8 Å². The number of rotatable bonds is 6. The standard InChI is InChI=1S/C16H24OS/c1-2-18-12-6-11-16(13-17)10-5-8-14-7-3-4-9-15(14)16/h3-4,7,9,17H,2,5-6,8,10-13H2,1H3.